The highest BCUT2D eigenvalue weighted by Crippen LogP contribution is 2.31. The first-order chi connectivity index (χ1) is 8.20. The van der Waals surface area contributed by atoms with Crippen LogP contribution in [0.5, 0.6) is 0 Å². The smallest absolute Gasteiger partial charge is 0.379 e. The summed E-state index contributed by atoms with van der Waals surface area (Å²) in [5.74, 6) is -0.681. The van der Waals surface area contributed by atoms with E-state index in [2.05, 4.69) is 5.32 Å². The summed E-state index contributed by atoms with van der Waals surface area (Å²) in [5, 5.41) is 2.68. The fourth-order valence-corrected chi connectivity index (χ4v) is 2.26. The van der Waals surface area contributed by atoms with Crippen molar-refractivity contribution in [2.24, 2.45) is 0 Å². The zero-order chi connectivity index (χ0) is 13.9. The highest BCUT2D eigenvalue weighted by Gasteiger charge is 2.31. The van der Waals surface area contributed by atoms with Gasteiger partial charge in [-0.15, -0.1) is 0 Å². The monoisotopic (exact) mass is 283 g/mol. The Morgan fingerprint density at radius 2 is 2.00 bits per heavy atom. The Hall–Kier alpha value is -1.11. The van der Waals surface area contributed by atoms with Crippen molar-refractivity contribution in [2.75, 3.05) is 17.3 Å². The maximum Gasteiger partial charge on any atom is 0.416 e. The van der Waals surface area contributed by atoms with Crippen LogP contribution in [-0.4, -0.2) is 22.3 Å². The summed E-state index contributed by atoms with van der Waals surface area (Å²) in [6.45, 7) is 1.68. The van der Waals surface area contributed by atoms with Gasteiger partial charge in [-0.25, -0.2) is 4.39 Å². The van der Waals surface area contributed by atoms with Crippen molar-refractivity contribution < 1.29 is 21.8 Å². The molecule has 0 heterocycles. The van der Waals surface area contributed by atoms with Crippen LogP contribution >= 0.6 is 0 Å². The summed E-state index contributed by atoms with van der Waals surface area (Å²) in [5.41, 5.74) is -1.06. The van der Waals surface area contributed by atoms with Crippen LogP contribution in [0, 0.1) is 5.82 Å². The average Bonchev–Trinajstić information content (AvgIpc) is 2.18. The third-order valence-electron chi connectivity index (χ3n) is 2.18. The highest BCUT2D eigenvalue weighted by atomic mass is 32.2. The van der Waals surface area contributed by atoms with Crippen LogP contribution in [0.3, 0.4) is 0 Å². The van der Waals surface area contributed by atoms with Crippen LogP contribution in [-0.2, 0) is 17.0 Å². The molecule has 0 bridgehead atoms. The van der Waals surface area contributed by atoms with Crippen LogP contribution < -0.4 is 5.32 Å². The summed E-state index contributed by atoms with van der Waals surface area (Å²) in [4.78, 5) is 0. The lowest BCUT2D eigenvalue weighted by atomic mass is 10.2. The Morgan fingerprint density at radius 3 is 2.44 bits per heavy atom. The van der Waals surface area contributed by atoms with Gasteiger partial charge >= 0.3 is 6.18 Å². The number of anilines is 1. The summed E-state index contributed by atoms with van der Waals surface area (Å²) >= 11 is 0. The van der Waals surface area contributed by atoms with Crippen molar-refractivity contribution >= 4 is 16.5 Å². The second kappa shape index (κ2) is 5.69. The fraction of sp³-hybridized carbons (Fsp3) is 0.455. The van der Waals surface area contributed by atoms with E-state index in [0.717, 1.165) is 12.1 Å². The third kappa shape index (κ3) is 4.29. The Kier molecular flexibility index (Phi) is 4.72. The standard InChI is InChI=1S/C11H13F4NOS/c1-7(6-18(2)17)16-10-4-3-8(5-9(10)12)11(13,14)15/h3-5,7,16H,6H2,1-2H3. The highest BCUT2D eigenvalue weighted by molar-refractivity contribution is 7.84. The molecule has 0 amide bonds. The minimum absolute atomic E-state index is 0.0269. The summed E-state index contributed by atoms with van der Waals surface area (Å²) in [7, 11) is -1.06. The lowest BCUT2D eigenvalue weighted by Gasteiger charge is -2.15. The SMILES string of the molecule is CC(CS(C)=O)Nc1ccc(C(F)(F)F)cc1F. The molecule has 0 spiro atoms. The summed E-state index contributed by atoms with van der Waals surface area (Å²) < 4.78 is 61.3. The van der Waals surface area contributed by atoms with Crippen LogP contribution in [0.1, 0.15) is 12.5 Å². The molecule has 0 radical (unpaired) electrons. The normalized spacial score (nSPS) is 15.2. The van der Waals surface area contributed by atoms with Crippen LogP contribution in [0.15, 0.2) is 18.2 Å². The molecular weight excluding hydrogens is 270 g/mol. The van der Waals surface area contributed by atoms with E-state index in [0.29, 0.717) is 11.8 Å². The third-order valence-corrected chi connectivity index (χ3v) is 3.15. The van der Waals surface area contributed by atoms with E-state index >= 15 is 0 Å². The first-order valence-corrected chi connectivity index (χ1v) is 6.86. The molecule has 0 aromatic heterocycles. The van der Waals surface area contributed by atoms with E-state index in [1.165, 1.54) is 6.26 Å². The van der Waals surface area contributed by atoms with Gasteiger partial charge in [0.05, 0.1) is 11.3 Å². The minimum atomic E-state index is -4.56. The molecule has 102 valence electrons. The van der Waals surface area contributed by atoms with Gasteiger partial charge < -0.3 is 5.32 Å². The van der Waals surface area contributed by atoms with Crippen molar-refractivity contribution in [1.29, 1.82) is 0 Å². The van der Waals surface area contributed by atoms with Crippen LogP contribution in [0.25, 0.3) is 0 Å². The molecular formula is C11H13F4NOS. The second-order valence-corrected chi connectivity index (χ2v) is 5.46. The Bertz CT molecular complexity index is 447. The molecule has 0 aliphatic rings. The fourth-order valence-electron chi connectivity index (χ4n) is 1.47. The second-order valence-electron chi connectivity index (χ2n) is 3.98. The van der Waals surface area contributed by atoms with Gasteiger partial charge in [-0.3, -0.25) is 4.21 Å². The number of hydrogen-bond donors (Lipinski definition) is 1. The number of rotatable bonds is 4. The van der Waals surface area contributed by atoms with Gasteiger partial charge in [0.25, 0.3) is 0 Å². The van der Waals surface area contributed by atoms with Gasteiger partial charge in [0.2, 0.25) is 0 Å². The first-order valence-electron chi connectivity index (χ1n) is 5.13. The molecule has 7 heteroatoms. The van der Waals surface area contributed by atoms with Crippen molar-refractivity contribution in [3.8, 4) is 0 Å². The summed E-state index contributed by atoms with van der Waals surface area (Å²) in [6.07, 6.45) is -3.06. The lowest BCUT2D eigenvalue weighted by molar-refractivity contribution is -0.137. The molecule has 1 aromatic rings. The van der Waals surface area contributed by atoms with Gasteiger partial charge in [0.15, 0.2) is 0 Å². The van der Waals surface area contributed by atoms with Gasteiger partial charge in [0, 0.05) is 28.9 Å². The van der Waals surface area contributed by atoms with E-state index in [9.17, 15) is 21.8 Å². The Morgan fingerprint density at radius 1 is 1.39 bits per heavy atom. The number of hydrogen-bond acceptors (Lipinski definition) is 2. The largest absolute Gasteiger partial charge is 0.416 e. The average molecular weight is 283 g/mol. The number of benzene rings is 1. The zero-order valence-corrected chi connectivity index (χ0v) is 10.7. The Labute approximate surface area is 105 Å². The minimum Gasteiger partial charge on any atom is -0.379 e. The van der Waals surface area contributed by atoms with Crippen molar-refractivity contribution in [2.45, 2.75) is 19.1 Å². The summed E-state index contributed by atoms with van der Waals surface area (Å²) in [6, 6.07) is 1.99. The van der Waals surface area contributed by atoms with E-state index in [4.69, 9.17) is 0 Å². The van der Waals surface area contributed by atoms with Gasteiger partial charge in [-0.1, -0.05) is 0 Å². The predicted octanol–water partition coefficient (Wildman–Crippen LogP) is 3.02. The lowest BCUT2D eigenvalue weighted by Crippen LogP contribution is -2.23. The molecule has 1 aromatic carbocycles. The molecule has 2 unspecified atom stereocenters. The van der Waals surface area contributed by atoms with Crippen LogP contribution in [0.2, 0.25) is 0 Å². The number of nitrogens with one attached hydrogen (secondary N) is 1. The predicted molar refractivity (Wildman–Crippen MR) is 63.4 cm³/mol. The van der Waals surface area contributed by atoms with E-state index < -0.39 is 28.4 Å². The quantitative estimate of drug-likeness (QED) is 0.861. The molecule has 1 N–H and O–H groups in total. The Balaban J connectivity index is 2.83. The molecule has 18 heavy (non-hydrogen) atoms. The molecule has 1 rings (SSSR count). The van der Waals surface area contributed by atoms with Gasteiger partial charge in [-0.05, 0) is 25.1 Å². The molecule has 2 atom stereocenters. The van der Waals surface area contributed by atoms with Crippen molar-refractivity contribution in [3.63, 3.8) is 0 Å². The number of alkyl halides is 3. The molecule has 0 aliphatic heterocycles. The maximum absolute atomic E-state index is 13.4. The maximum atomic E-state index is 13.4. The first kappa shape index (κ1) is 14.9. The molecule has 0 fully saturated rings. The van der Waals surface area contributed by atoms with Crippen molar-refractivity contribution in [3.05, 3.63) is 29.6 Å². The zero-order valence-electron chi connectivity index (χ0n) is 9.84. The molecule has 0 saturated heterocycles. The van der Waals surface area contributed by atoms with E-state index in [-0.39, 0.29) is 11.7 Å². The van der Waals surface area contributed by atoms with E-state index in [1.54, 1.807) is 6.92 Å². The van der Waals surface area contributed by atoms with Crippen LogP contribution in [0.4, 0.5) is 23.2 Å². The van der Waals surface area contributed by atoms with Crippen molar-refractivity contribution in [1.82, 2.24) is 0 Å². The van der Waals surface area contributed by atoms with Gasteiger partial charge in [-0.2, -0.15) is 13.2 Å². The van der Waals surface area contributed by atoms with Gasteiger partial charge in [0.1, 0.15) is 5.82 Å². The molecule has 0 aliphatic carbocycles. The molecule has 0 saturated carbocycles. The van der Waals surface area contributed by atoms with E-state index in [1.807, 2.05) is 0 Å². The molecule has 2 nitrogen and oxygen atoms in total. The topological polar surface area (TPSA) is 29.1 Å². The number of halogens is 4.